The molecule has 1 saturated heterocycles. The molecule has 0 unspecified atom stereocenters. The molecule has 7 nitrogen and oxygen atoms in total. The molecule has 0 spiro atoms. The van der Waals surface area contributed by atoms with Crippen LogP contribution in [0, 0.1) is 0 Å². The molecule has 0 radical (unpaired) electrons. The Morgan fingerprint density at radius 2 is 1.71 bits per heavy atom. The fourth-order valence-corrected chi connectivity index (χ4v) is 4.40. The number of hydrogen-bond donors (Lipinski definition) is 2. The van der Waals surface area contributed by atoms with E-state index >= 15 is 0 Å². The van der Waals surface area contributed by atoms with Crippen molar-refractivity contribution in [2.24, 2.45) is 5.16 Å². The van der Waals surface area contributed by atoms with Crippen molar-refractivity contribution in [1.82, 2.24) is 10.2 Å². The monoisotopic (exact) mass is 525 g/mol. The van der Waals surface area contributed by atoms with Gasteiger partial charge in [0.2, 0.25) is 5.91 Å². The maximum absolute atomic E-state index is 13.4. The Balaban J connectivity index is 1.51. The van der Waals surface area contributed by atoms with E-state index in [2.05, 4.69) is 10.5 Å². The number of carbonyl (C=O) groups is 2. The van der Waals surface area contributed by atoms with Gasteiger partial charge >= 0.3 is 6.18 Å². The molecule has 198 valence electrons. The molecule has 38 heavy (non-hydrogen) atoms. The molecule has 2 atom stereocenters. The van der Waals surface area contributed by atoms with Crippen molar-refractivity contribution in [3.05, 3.63) is 95.6 Å². The van der Waals surface area contributed by atoms with Crippen molar-refractivity contribution < 1.29 is 32.7 Å². The molecular weight excluding hydrogens is 499 g/mol. The minimum Gasteiger partial charge on any atom is -0.399 e. The third-order valence-electron chi connectivity index (χ3n) is 6.27. The highest BCUT2D eigenvalue weighted by atomic mass is 19.4. The lowest BCUT2D eigenvalue weighted by molar-refractivity contribution is -0.137. The van der Waals surface area contributed by atoms with Crippen molar-refractivity contribution in [2.45, 2.75) is 24.7 Å². The molecule has 2 N–H and O–H groups in total. The normalized spacial score (nSPS) is 17.3. The molecule has 0 bridgehead atoms. The zero-order valence-corrected chi connectivity index (χ0v) is 20.5. The van der Waals surface area contributed by atoms with Crippen molar-refractivity contribution >= 4 is 17.5 Å². The highest BCUT2D eigenvalue weighted by Crippen LogP contribution is 2.37. The average molecular weight is 526 g/mol. The van der Waals surface area contributed by atoms with Crippen LogP contribution in [0.4, 0.5) is 13.2 Å². The van der Waals surface area contributed by atoms with Crippen LogP contribution in [0.1, 0.15) is 34.0 Å². The third-order valence-corrected chi connectivity index (χ3v) is 6.27. The van der Waals surface area contributed by atoms with Crippen LogP contribution in [0.15, 0.2) is 84.0 Å². The first-order chi connectivity index (χ1) is 18.2. The lowest BCUT2D eigenvalue weighted by atomic mass is 9.98. The molecular formula is C28H26F3N3O4. The van der Waals surface area contributed by atoms with Crippen LogP contribution in [0.2, 0.25) is 0 Å². The number of alkyl halides is 3. The predicted molar refractivity (Wildman–Crippen MR) is 135 cm³/mol. The molecule has 10 heteroatoms. The number of aliphatic hydroxyl groups excluding tert-OH is 1. The van der Waals surface area contributed by atoms with E-state index in [4.69, 9.17) is 4.84 Å². The molecule has 1 heterocycles. The summed E-state index contributed by atoms with van der Waals surface area (Å²) in [6.07, 6.45) is -5.30. The number of rotatable bonds is 7. The first-order valence-electron chi connectivity index (χ1n) is 11.9. The number of hydrogen-bond acceptors (Lipinski definition) is 5. The van der Waals surface area contributed by atoms with Crippen molar-refractivity contribution in [2.75, 3.05) is 20.2 Å². The molecule has 1 fully saturated rings. The van der Waals surface area contributed by atoms with Gasteiger partial charge < -0.3 is 20.2 Å². The zero-order chi connectivity index (χ0) is 27.3. The molecule has 3 aromatic carbocycles. The number of nitrogens with zero attached hydrogens (tertiary/aromatic N) is 2. The molecule has 0 saturated carbocycles. The van der Waals surface area contributed by atoms with E-state index in [9.17, 15) is 27.9 Å². The van der Waals surface area contributed by atoms with Crippen molar-refractivity contribution in [3.63, 3.8) is 0 Å². The Hall–Kier alpha value is -4.18. The van der Waals surface area contributed by atoms with E-state index in [-0.39, 0.29) is 30.6 Å². The standard InChI is InChI=1S/C28H26F3N3O4/c1-38-33-21-15-24(26(36)32-16-25(35)19-7-3-2-4-8-19)34(17-21)27(37)20-13-11-18(12-14-20)22-9-5-6-10-23(22)28(29,30)31/h2-14,24-25,35H,15-17H2,1H3,(H,32,36)/t24-,25+/m0/s1. The fraction of sp³-hybridized carbons (Fsp3) is 0.250. The first kappa shape index (κ1) is 26.9. The van der Waals surface area contributed by atoms with Gasteiger partial charge in [-0.05, 0) is 34.9 Å². The molecule has 2 amide bonds. The number of benzene rings is 3. The van der Waals surface area contributed by atoms with E-state index in [0.717, 1.165) is 6.07 Å². The summed E-state index contributed by atoms with van der Waals surface area (Å²) in [7, 11) is 1.36. The highest BCUT2D eigenvalue weighted by Gasteiger charge is 2.39. The molecule has 0 aromatic heterocycles. The first-order valence-corrected chi connectivity index (χ1v) is 11.9. The summed E-state index contributed by atoms with van der Waals surface area (Å²) < 4.78 is 40.3. The number of aliphatic hydroxyl groups is 1. The van der Waals surface area contributed by atoms with Gasteiger partial charge in [0.05, 0.1) is 23.9 Å². The van der Waals surface area contributed by atoms with E-state index < -0.39 is 35.7 Å². The largest absolute Gasteiger partial charge is 0.417 e. The molecule has 1 aliphatic heterocycles. The Morgan fingerprint density at radius 3 is 2.37 bits per heavy atom. The number of halogens is 3. The van der Waals surface area contributed by atoms with Crippen LogP contribution >= 0.6 is 0 Å². The van der Waals surface area contributed by atoms with E-state index in [1.807, 2.05) is 6.07 Å². The number of likely N-dealkylation sites (tertiary alicyclic amines) is 1. The second kappa shape index (κ2) is 11.5. The Kier molecular flexibility index (Phi) is 8.11. The molecule has 0 aliphatic carbocycles. The van der Waals surface area contributed by atoms with E-state index in [1.54, 1.807) is 24.3 Å². The van der Waals surface area contributed by atoms with Crippen LogP contribution in [0.5, 0.6) is 0 Å². The van der Waals surface area contributed by atoms with Gasteiger partial charge in [-0.3, -0.25) is 9.59 Å². The topological polar surface area (TPSA) is 91.2 Å². The van der Waals surface area contributed by atoms with Crippen molar-refractivity contribution in [3.8, 4) is 11.1 Å². The van der Waals surface area contributed by atoms with Gasteiger partial charge in [0.1, 0.15) is 13.2 Å². The SMILES string of the molecule is CON=C1C[C@@H](C(=O)NC[C@@H](O)c2ccccc2)N(C(=O)c2ccc(-c3ccccc3C(F)(F)F)cc2)C1. The minimum atomic E-state index is -4.52. The molecule has 1 aliphatic rings. The summed E-state index contributed by atoms with van der Waals surface area (Å²) >= 11 is 0. The number of nitrogens with one attached hydrogen (secondary N) is 1. The maximum Gasteiger partial charge on any atom is 0.417 e. The van der Waals surface area contributed by atoms with Gasteiger partial charge in [-0.1, -0.05) is 65.8 Å². The summed E-state index contributed by atoms with van der Waals surface area (Å²) in [6.45, 7) is -0.00387. The van der Waals surface area contributed by atoms with Gasteiger partial charge in [0.25, 0.3) is 5.91 Å². The van der Waals surface area contributed by atoms with Crippen molar-refractivity contribution in [1.29, 1.82) is 0 Å². The summed E-state index contributed by atoms with van der Waals surface area (Å²) in [5, 5.41) is 17.0. The third kappa shape index (κ3) is 6.03. The minimum absolute atomic E-state index is 0.00362. The summed E-state index contributed by atoms with van der Waals surface area (Å²) in [6, 6.07) is 18.9. The van der Waals surface area contributed by atoms with Gasteiger partial charge in [-0.2, -0.15) is 13.2 Å². The molecule has 4 rings (SSSR count). The van der Waals surface area contributed by atoms with Crippen LogP contribution < -0.4 is 5.32 Å². The Bertz CT molecular complexity index is 1310. The maximum atomic E-state index is 13.4. The number of oxime groups is 1. The fourth-order valence-electron chi connectivity index (χ4n) is 4.40. The Morgan fingerprint density at radius 1 is 1.05 bits per heavy atom. The zero-order valence-electron chi connectivity index (χ0n) is 20.5. The van der Waals surface area contributed by atoms with E-state index in [1.165, 1.54) is 54.5 Å². The summed E-state index contributed by atoms with van der Waals surface area (Å²) in [4.78, 5) is 32.6. The second-order valence-electron chi connectivity index (χ2n) is 8.79. The number of amides is 2. The van der Waals surface area contributed by atoms with Crippen LogP contribution in [0.3, 0.4) is 0 Å². The second-order valence-corrected chi connectivity index (χ2v) is 8.79. The Labute approximate surface area is 217 Å². The lowest BCUT2D eigenvalue weighted by Gasteiger charge is -2.24. The lowest BCUT2D eigenvalue weighted by Crippen LogP contribution is -2.46. The van der Waals surface area contributed by atoms with Gasteiger partial charge in [-0.25, -0.2) is 0 Å². The average Bonchev–Trinajstić information content (AvgIpc) is 3.35. The predicted octanol–water partition coefficient (Wildman–Crippen LogP) is 4.44. The number of carbonyl (C=O) groups excluding carboxylic acids is 2. The van der Waals surface area contributed by atoms with Gasteiger partial charge in [0.15, 0.2) is 0 Å². The smallest absolute Gasteiger partial charge is 0.399 e. The van der Waals surface area contributed by atoms with Gasteiger partial charge in [0, 0.05) is 18.5 Å². The molecule has 3 aromatic rings. The quantitative estimate of drug-likeness (QED) is 0.447. The van der Waals surface area contributed by atoms with Crippen LogP contribution in [-0.2, 0) is 15.8 Å². The van der Waals surface area contributed by atoms with Crippen LogP contribution in [0.25, 0.3) is 11.1 Å². The van der Waals surface area contributed by atoms with E-state index in [0.29, 0.717) is 16.8 Å². The highest BCUT2D eigenvalue weighted by molar-refractivity contribution is 6.05. The van der Waals surface area contributed by atoms with Crippen LogP contribution in [-0.4, -0.2) is 53.8 Å². The summed E-state index contributed by atoms with van der Waals surface area (Å²) in [5.41, 5.74) is 0.874. The summed E-state index contributed by atoms with van der Waals surface area (Å²) in [5.74, 6) is -0.948. The van der Waals surface area contributed by atoms with Gasteiger partial charge in [-0.15, -0.1) is 0 Å².